The lowest BCUT2D eigenvalue weighted by Crippen LogP contribution is -2.54. The number of nitrogens with zero attached hydrogens (tertiary/aromatic N) is 2. The highest BCUT2D eigenvalue weighted by molar-refractivity contribution is 7.89. The molecule has 0 aromatic heterocycles. The van der Waals surface area contributed by atoms with E-state index in [-0.39, 0.29) is 10.8 Å². The average Bonchev–Trinajstić information content (AvgIpc) is 2.84. The summed E-state index contributed by atoms with van der Waals surface area (Å²) in [6.45, 7) is 5.11. The summed E-state index contributed by atoms with van der Waals surface area (Å²) in [5.41, 5.74) is 1.17. The van der Waals surface area contributed by atoms with Crippen molar-refractivity contribution in [1.82, 2.24) is 14.5 Å². The maximum atomic E-state index is 12.9. The van der Waals surface area contributed by atoms with Crippen LogP contribution >= 0.6 is 0 Å². The van der Waals surface area contributed by atoms with E-state index in [1.165, 1.54) is 5.56 Å². The standard InChI is InChI=1S/C26H29N3O3S/c1-21(27-33(31,32)25-14-13-23-11-5-6-12-24(23)20-25)26(30)29-18-16-28(17-19-29)15-7-10-22-8-3-2-4-9-22/h2-14,20-21,27H,15-19H2,1H3/b10-7+/t21-/m0/s1. The molecule has 6 nitrogen and oxygen atoms in total. The molecule has 1 aliphatic rings. The normalized spacial score (nSPS) is 16.3. The minimum Gasteiger partial charge on any atom is -0.339 e. The topological polar surface area (TPSA) is 69.7 Å². The molecule has 4 rings (SSSR count). The molecular formula is C26H29N3O3S. The zero-order chi connectivity index (χ0) is 23.3. The number of carbonyl (C=O) groups is 1. The highest BCUT2D eigenvalue weighted by Gasteiger charge is 2.28. The van der Waals surface area contributed by atoms with Crippen molar-refractivity contribution in [3.63, 3.8) is 0 Å². The lowest BCUT2D eigenvalue weighted by molar-refractivity contribution is -0.134. The molecule has 0 unspecified atom stereocenters. The van der Waals surface area contributed by atoms with Gasteiger partial charge in [-0.05, 0) is 35.4 Å². The van der Waals surface area contributed by atoms with Gasteiger partial charge in [-0.2, -0.15) is 4.72 Å². The fraction of sp³-hybridized carbons (Fsp3) is 0.269. The molecule has 1 aliphatic heterocycles. The molecular weight excluding hydrogens is 434 g/mol. The van der Waals surface area contributed by atoms with Gasteiger partial charge in [0.1, 0.15) is 0 Å². The van der Waals surface area contributed by atoms with E-state index < -0.39 is 16.1 Å². The van der Waals surface area contributed by atoms with Crippen molar-refractivity contribution in [2.24, 2.45) is 0 Å². The lowest BCUT2D eigenvalue weighted by atomic mass is 10.1. The monoisotopic (exact) mass is 463 g/mol. The van der Waals surface area contributed by atoms with E-state index in [9.17, 15) is 13.2 Å². The SMILES string of the molecule is C[C@H](NS(=O)(=O)c1ccc2ccccc2c1)C(=O)N1CCN(C/C=C/c2ccccc2)CC1. The Labute approximate surface area is 195 Å². The molecule has 0 aliphatic carbocycles. The van der Waals surface area contributed by atoms with Gasteiger partial charge in [0.15, 0.2) is 0 Å². The molecule has 1 heterocycles. The van der Waals surface area contributed by atoms with Crippen LogP contribution in [-0.2, 0) is 14.8 Å². The molecule has 7 heteroatoms. The number of rotatable bonds is 7. The maximum Gasteiger partial charge on any atom is 0.241 e. The first kappa shape index (κ1) is 23.2. The van der Waals surface area contributed by atoms with Gasteiger partial charge in [-0.15, -0.1) is 0 Å². The zero-order valence-corrected chi connectivity index (χ0v) is 19.5. The van der Waals surface area contributed by atoms with Crippen LogP contribution in [0.15, 0.2) is 83.8 Å². The minimum absolute atomic E-state index is 0.163. The molecule has 1 amide bonds. The van der Waals surface area contributed by atoms with Crippen LogP contribution < -0.4 is 4.72 Å². The van der Waals surface area contributed by atoms with E-state index in [4.69, 9.17) is 0 Å². The smallest absolute Gasteiger partial charge is 0.241 e. The van der Waals surface area contributed by atoms with Crippen LogP contribution in [0.5, 0.6) is 0 Å². The Balaban J connectivity index is 1.30. The van der Waals surface area contributed by atoms with Crippen LogP contribution in [-0.4, -0.2) is 62.9 Å². The van der Waals surface area contributed by atoms with Crippen LogP contribution in [0.2, 0.25) is 0 Å². The zero-order valence-electron chi connectivity index (χ0n) is 18.7. The Morgan fingerprint density at radius 3 is 2.33 bits per heavy atom. The Morgan fingerprint density at radius 2 is 1.61 bits per heavy atom. The van der Waals surface area contributed by atoms with Crippen molar-refractivity contribution in [1.29, 1.82) is 0 Å². The van der Waals surface area contributed by atoms with E-state index in [0.29, 0.717) is 13.1 Å². The van der Waals surface area contributed by atoms with Gasteiger partial charge in [0.05, 0.1) is 10.9 Å². The fourth-order valence-electron chi connectivity index (χ4n) is 4.01. The molecule has 1 N–H and O–H groups in total. The number of benzene rings is 3. The predicted molar refractivity (Wildman–Crippen MR) is 132 cm³/mol. The van der Waals surface area contributed by atoms with E-state index in [1.54, 1.807) is 30.0 Å². The second-order valence-electron chi connectivity index (χ2n) is 8.29. The van der Waals surface area contributed by atoms with E-state index in [2.05, 4.69) is 33.9 Å². The summed E-state index contributed by atoms with van der Waals surface area (Å²) < 4.78 is 28.3. The summed E-state index contributed by atoms with van der Waals surface area (Å²) in [5.74, 6) is -0.196. The first-order valence-corrected chi connectivity index (χ1v) is 12.6. The highest BCUT2D eigenvalue weighted by atomic mass is 32.2. The van der Waals surface area contributed by atoms with Crippen LogP contribution in [0, 0.1) is 0 Å². The van der Waals surface area contributed by atoms with Crippen molar-refractivity contribution in [2.75, 3.05) is 32.7 Å². The van der Waals surface area contributed by atoms with Crippen molar-refractivity contribution in [3.8, 4) is 0 Å². The quantitative estimate of drug-likeness (QED) is 0.583. The van der Waals surface area contributed by atoms with Gasteiger partial charge in [0, 0.05) is 32.7 Å². The summed E-state index contributed by atoms with van der Waals surface area (Å²) in [5, 5.41) is 1.81. The molecule has 0 spiro atoms. The molecule has 3 aromatic carbocycles. The number of hydrogen-bond donors (Lipinski definition) is 1. The van der Waals surface area contributed by atoms with Crippen molar-refractivity contribution >= 4 is 32.8 Å². The number of nitrogens with one attached hydrogen (secondary N) is 1. The Kier molecular flexibility index (Phi) is 7.23. The molecule has 1 atom stereocenters. The molecule has 3 aromatic rings. The number of carbonyl (C=O) groups excluding carboxylic acids is 1. The van der Waals surface area contributed by atoms with E-state index >= 15 is 0 Å². The summed E-state index contributed by atoms with van der Waals surface area (Å²) in [7, 11) is -3.80. The molecule has 0 radical (unpaired) electrons. The third kappa shape index (κ3) is 5.87. The molecule has 33 heavy (non-hydrogen) atoms. The van der Waals surface area contributed by atoms with E-state index in [1.807, 2.05) is 42.5 Å². The second-order valence-corrected chi connectivity index (χ2v) is 10.0. The largest absolute Gasteiger partial charge is 0.339 e. The molecule has 1 fully saturated rings. The first-order chi connectivity index (χ1) is 15.9. The fourth-order valence-corrected chi connectivity index (χ4v) is 5.24. The first-order valence-electron chi connectivity index (χ1n) is 11.2. The second kappa shape index (κ2) is 10.3. The molecule has 0 bridgehead atoms. The van der Waals surface area contributed by atoms with Crippen LogP contribution in [0.4, 0.5) is 0 Å². The molecule has 0 saturated carbocycles. The summed E-state index contributed by atoms with van der Waals surface area (Å²) in [6, 6.07) is 21.9. The Morgan fingerprint density at radius 1 is 0.939 bits per heavy atom. The van der Waals surface area contributed by atoms with Crippen LogP contribution in [0.25, 0.3) is 16.8 Å². The predicted octanol–water partition coefficient (Wildman–Crippen LogP) is 3.36. The van der Waals surface area contributed by atoms with Crippen molar-refractivity contribution < 1.29 is 13.2 Å². The van der Waals surface area contributed by atoms with Crippen molar-refractivity contribution in [2.45, 2.75) is 17.9 Å². The van der Waals surface area contributed by atoms with Gasteiger partial charge in [-0.1, -0.05) is 72.8 Å². The lowest BCUT2D eigenvalue weighted by Gasteiger charge is -2.35. The van der Waals surface area contributed by atoms with Gasteiger partial charge in [0.25, 0.3) is 0 Å². The average molecular weight is 464 g/mol. The van der Waals surface area contributed by atoms with Crippen LogP contribution in [0.3, 0.4) is 0 Å². The number of fused-ring (bicyclic) bond motifs is 1. The van der Waals surface area contributed by atoms with Crippen molar-refractivity contribution in [3.05, 3.63) is 84.4 Å². The third-order valence-electron chi connectivity index (χ3n) is 5.89. The highest BCUT2D eigenvalue weighted by Crippen LogP contribution is 2.19. The van der Waals surface area contributed by atoms with Gasteiger partial charge in [0.2, 0.25) is 15.9 Å². The summed E-state index contributed by atoms with van der Waals surface area (Å²) >= 11 is 0. The van der Waals surface area contributed by atoms with Gasteiger partial charge in [-0.25, -0.2) is 8.42 Å². The maximum absolute atomic E-state index is 12.9. The summed E-state index contributed by atoms with van der Waals surface area (Å²) in [4.78, 5) is 17.1. The number of hydrogen-bond acceptors (Lipinski definition) is 4. The minimum atomic E-state index is -3.80. The van der Waals surface area contributed by atoms with Gasteiger partial charge in [-0.3, -0.25) is 9.69 Å². The van der Waals surface area contributed by atoms with E-state index in [0.717, 1.165) is 30.4 Å². The Bertz CT molecular complexity index is 1230. The molecule has 172 valence electrons. The van der Waals surface area contributed by atoms with Gasteiger partial charge < -0.3 is 4.90 Å². The number of amides is 1. The molecule has 1 saturated heterocycles. The van der Waals surface area contributed by atoms with Crippen LogP contribution in [0.1, 0.15) is 12.5 Å². The number of sulfonamides is 1. The third-order valence-corrected chi connectivity index (χ3v) is 7.43. The summed E-state index contributed by atoms with van der Waals surface area (Å²) in [6.07, 6.45) is 4.23. The van der Waals surface area contributed by atoms with Gasteiger partial charge >= 0.3 is 0 Å². The Hall–Kier alpha value is -3.00. The number of piperazine rings is 1.